The maximum Gasteiger partial charge on any atom is 0.270 e. The summed E-state index contributed by atoms with van der Waals surface area (Å²) >= 11 is 6.90. The lowest BCUT2D eigenvalue weighted by molar-refractivity contribution is 0.0953. The van der Waals surface area contributed by atoms with Gasteiger partial charge in [0.05, 0.1) is 19.6 Å². The van der Waals surface area contributed by atoms with E-state index in [1.807, 2.05) is 0 Å². The number of nitrogens with one attached hydrogen (secondary N) is 1. The predicted octanol–water partition coefficient (Wildman–Crippen LogP) is 3.71. The number of methoxy groups -OCH3 is 2. The van der Waals surface area contributed by atoms with Crippen molar-refractivity contribution < 1.29 is 14.3 Å². The molecule has 2 aromatic heterocycles. The van der Waals surface area contributed by atoms with E-state index in [2.05, 4.69) is 4.98 Å². The van der Waals surface area contributed by atoms with Crippen LogP contribution in [0.3, 0.4) is 0 Å². The summed E-state index contributed by atoms with van der Waals surface area (Å²) in [6, 6.07) is 4.78. The predicted molar refractivity (Wildman–Crippen MR) is 107 cm³/mol. The third kappa shape index (κ3) is 2.89. The van der Waals surface area contributed by atoms with Crippen LogP contribution in [0, 0.1) is 4.77 Å². The number of aromatic amines is 1. The molecular weight excluding hydrogens is 384 g/mol. The van der Waals surface area contributed by atoms with E-state index < -0.39 is 5.91 Å². The van der Waals surface area contributed by atoms with E-state index in [1.165, 1.54) is 19.1 Å². The molecule has 0 aliphatic heterocycles. The number of nitrogens with zero attached hydrogens (tertiary/aromatic N) is 1. The highest BCUT2D eigenvalue weighted by Crippen LogP contribution is 2.33. The van der Waals surface area contributed by atoms with E-state index in [4.69, 9.17) is 21.7 Å². The van der Waals surface area contributed by atoms with Crippen LogP contribution in [0.25, 0.3) is 10.2 Å². The second-order valence-corrected chi connectivity index (χ2v) is 7.85. The largest absolute Gasteiger partial charge is 0.493 e. The lowest BCUT2D eigenvalue weighted by Gasteiger charge is -2.11. The Morgan fingerprint density at radius 1 is 1.19 bits per heavy atom. The molecule has 0 unspecified atom stereocenters. The fourth-order valence-corrected chi connectivity index (χ4v) is 5.13. The zero-order chi connectivity index (χ0) is 19.1. The van der Waals surface area contributed by atoms with Crippen LogP contribution in [-0.4, -0.2) is 29.7 Å². The molecule has 0 saturated carbocycles. The highest BCUT2D eigenvalue weighted by atomic mass is 32.1. The van der Waals surface area contributed by atoms with Crippen LogP contribution >= 0.6 is 23.6 Å². The SMILES string of the molecule is COc1ccc(C(=O)n2c(=S)[nH]c3sc4c(c3c2=O)CCCC4)cc1OC. The second-order valence-electron chi connectivity index (χ2n) is 6.36. The highest BCUT2D eigenvalue weighted by molar-refractivity contribution is 7.71. The van der Waals surface area contributed by atoms with Crippen molar-refractivity contribution in [1.29, 1.82) is 0 Å². The van der Waals surface area contributed by atoms with Gasteiger partial charge in [0.25, 0.3) is 11.5 Å². The Morgan fingerprint density at radius 3 is 2.67 bits per heavy atom. The lowest BCUT2D eigenvalue weighted by Crippen LogP contribution is -2.29. The second kappa shape index (κ2) is 6.94. The number of ether oxygens (including phenoxy) is 2. The third-order valence-electron chi connectivity index (χ3n) is 4.85. The summed E-state index contributed by atoms with van der Waals surface area (Å²) in [4.78, 5) is 31.3. The molecule has 1 N–H and O–H groups in total. The third-order valence-corrected chi connectivity index (χ3v) is 6.34. The first-order chi connectivity index (χ1) is 13.0. The fraction of sp³-hybridized carbons (Fsp3) is 0.316. The monoisotopic (exact) mass is 402 g/mol. The Balaban J connectivity index is 1.90. The van der Waals surface area contributed by atoms with Gasteiger partial charge in [0.1, 0.15) is 4.83 Å². The Morgan fingerprint density at radius 2 is 1.93 bits per heavy atom. The van der Waals surface area contributed by atoms with Gasteiger partial charge in [-0.2, -0.15) is 0 Å². The summed E-state index contributed by atoms with van der Waals surface area (Å²) < 4.78 is 11.6. The highest BCUT2D eigenvalue weighted by Gasteiger charge is 2.23. The summed E-state index contributed by atoms with van der Waals surface area (Å²) in [7, 11) is 3.02. The van der Waals surface area contributed by atoms with Gasteiger partial charge in [-0.1, -0.05) is 0 Å². The number of aromatic nitrogens is 2. The molecule has 0 bridgehead atoms. The van der Waals surface area contributed by atoms with Crippen LogP contribution in [0.2, 0.25) is 0 Å². The maximum absolute atomic E-state index is 13.2. The fourth-order valence-electron chi connectivity index (χ4n) is 3.52. The van der Waals surface area contributed by atoms with Gasteiger partial charge >= 0.3 is 0 Å². The van der Waals surface area contributed by atoms with E-state index in [0.29, 0.717) is 22.4 Å². The van der Waals surface area contributed by atoms with Crippen LogP contribution < -0.4 is 15.0 Å². The molecule has 0 spiro atoms. The molecule has 140 valence electrons. The molecule has 1 aromatic carbocycles. The van der Waals surface area contributed by atoms with Crippen LogP contribution in [-0.2, 0) is 12.8 Å². The molecule has 2 heterocycles. The average molecular weight is 402 g/mol. The first-order valence-electron chi connectivity index (χ1n) is 8.61. The number of carbonyl (C=O) groups is 1. The van der Waals surface area contributed by atoms with Crippen LogP contribution in [0.1, 0.15) is 33.6 Å². The normalized spacial score (nSPS) is 13.4. The van der Waals surface area contributed by atoms with Gasteiger partial charge in [-0.25, -0.2) is 4.57 Å². The zero-order valence-electron chi connectivity index (χ0n) is 15.0. The van der Waals surface area contributed by atoms with Gasteiger partial charge in [-0.3, -0.25) is 9.59 Å². The molecule has 4 rings (SSSR count). The van der Waals surface area contributed by atoms with E-state index in [-0.39, 0.29) is 10.3 Å². The van der Waals surface area contributed by atoms with Gasteiger partial charge in [-0.15, -0.1) is 11.3 Å². The van der Waals surface area contributed by atoms with Crippen molar-refractivity contribution >= 4 is 39.7 Å². The van der Waals surface area contributed by atoms with Crippen LogP contribution in [0.4, 0.5) is 0 Å². The first-order valence-corrected chi connectivity index (χ1v) is 9.84. The van der Waals surface area contributed by atoms with Crippen molar-refractivity contribution in [2.24, 2.45) is 0 Å². The van der Waals surface area contributed by atoms with Crippen LogP contribution in [0.15, 0.2) is 23.0 Å². The van der Waals surface area contributed by atoms with Gasteiger partial charge in [-0.05, 0) is 61.7 Å². The number of aryl methyl sites for hydroxylation is 2. The Bertz CT molecular complexity index is 1170. The number of benzene rings is 1. The molecule has 0 atom stereocenters. The maximum atomic E-state index is 13.2. The molecule has 1 aliphatic rings. The van der Waals surface area contributed by atoms with Crippen molar-refractivity contribution in [3.63, 3.8) is 0 Å². The molecule has 0 amide bonds. The molecular formula is C19H18N2O4S2. The summed E-state index contributed by atoms with van der Waals surface area (Å²) in [5, 5.41) is 0.595. The molecule has 8 heteroatoms. The molecule has 3 aromatic rings. The Labute approximate surface area is 164 Å². The number of hydrogen-bond acceptors (Lipinski definition) is 6. The van der Waals surface area contributed by atoms with Crippen molar-refractivity contribution in [1.82, 2.24) is 9.55 Å². The summed E-state index contributed by atoms with van der Waals surface area (Å²) in [5.41, 5.74) is 1.01. The first kappa shape index (κ1) is 17.9. The number of hydrogen-bond donors (Lipinski definition) is 1. The molecule has 0 fully saturated rings. The van der Waals surface area contributed by atoms with Crippen molar-refractivity contribution in [3.8, 4) is 11.5 Å². The van der Waals surface area contributed by atoms with E-state index in [1.54, 1.807) is 29.5 Å². The zero-order valence-corrected chi connectivity index (χ0v) is 16.6. The number of H-pyrrole nitrogens is 1. The van der Waals surface area contributed by atoms with E-state index >= 15 is 0 Å². The van der Waals surface area contributed by atoms with Gasteiger partial charge in [0.2, 0.25) is 0 Å². The van der Waals surface area contributed by atoms with E-state index in [9.17, 15) is 9.59 Å². The summed E-state index contributed by atoms with van der Waals surface area (Å²) in [6.07, 6.45) is 4.01. The standard InChI is InChI=1S/C19H18N2O4S2/c1-24-12-8-7-10(9-13(12)25-2)17(22)21-18(23)15-11-5-3-4-6-14(11)27-16(15)20-19(21)26/h7-9H,3-6H2,1-2H3,(H,20,26). The summed E-state index contributed by atoms with van der Waals surface area (Å²) in [5.74, 6) is 0.439. The van der Waals surface area contributed by atoms with Crippen LogP contribution in [0.5, 0.6) is 11.5 Å². The van der Waals surface area contributed by atoms with E-state index in [0.717, 1.165) is 40.6 Å². The van der Waals surface area contributed by atoms with Crippen molar-refractivity contribution in [2.75, 3.05) is 14.2 Å². The molecule has 0 radical (unpaired) electrons. The number of rotatable bonds is 3. The smallest absolute Gasteiger partial charge is 0.270 e. The Kier molecular flexibility index (Phi) is 4.61. The number of fused-ring (bicyclic) bond motifs is 3. The number of thiophene rings is 1. The minimum atomic E-state index is -0.486. The topological polar surface area (TPSA) is 73.3 Å². The van der Waals surface area contributed by atoms with Gasteiger partial charge in [0, 0.05) is 10.4 Å². The van der Waals surface area contributed by atoms with Gasteiger partial charge in [0.15, 0.2) is 16.3 Å². The minimum Gasteiger partial charge on any atom is -0.493 e. The van der Waals surface area contributed by atoms with Crippen molar-refractivity contribution in [3.05, 3.63) is 49.3 Å². The lowest BCUT2D eigenvalue weighted by atomic mass is 9.97. The van der Waals surface area contributed by atoms with Crippen molar-refractivity contribution in [2.45, 2.75) is 25.7 Å². The molecule has 0 saturated heterocycles. The van der Waals surface area contributed by atoms with Gasteiger partial charge < -0.3 is 14.5 Å². The molecule has 6 nitrogen and oxygen atoms in total. The molecule has 1 aliphatic carbocycles. The quantitative estimate of drug-likeness (QED) is 0.676. The number of carbonyl (C=O) groups excluding carboxylic acids is 1. The Hall–Kier alpha value is -2.45. The molecule has 27 heavy (non-hydrogen) atoms. The summed E-state index contributed by atoms with van der Waals surface area (Å²) in [6.45, 7) is 0. The minimum absolute atomic E-state index is 0.103. The average Bonchev–Trinajstić information content (AvgIpc) is 3.05.